The third kappa shape index (κ3) is 5.07. The van der Waals surface area contributed by atoms with Crippen molar-refractivity contribution < 1.29 is 9.31 Å². The minimum atomic E-state index is -0.630. The maximum absolute atomic E-state index is 13.4. The Labute approximate surface area is 127 Å². The van der Waals surface area contributed by atoms with Crippen LogP contribution < -0.4 is 5.32 Å². The van der Waals surface area contributed by atoms with E-state index in [0.717, 1.165) is 25.3 Å². The standard InChI is InChI=1S/C14H20BrFN2O2/c1-9(2)5-4-6-10(3)17-13-7-11(15)12(16)8-14(13)18(19)20/h7-10,17H,4-6H2,1-3H3. The lowest BCUT2D eigenvalue weighted by atomic mass is 10.0. The summed E-state index contributed by atoms with van der Waals surface area (Å²) in [7, 11) is 0. The number of hydrogen-bond donors (Lipinski definition) is 1. The van der Waals surface area contributed by atoms with Gasteiger partial charge in [0.25, 0.3) is 5.69 Å². The van der Waals surface area contributed by atoms with E-state index in [1.54, 1.807) is 0 Å². The van der Waals surface area contributed by atoms with Gasteiger partial charge in [0.15, 0.2) is 0 Å². The van der Waals surface area contributed by atoms with Gasteiger partial charge in [-0.15, -0.1) is 0 Å². The number of halogens is 2. The van der Waals surface area contributed by atoms with Gasteiger partial charge in [-0.3, -0.25) is 10.1 Å². The summed E-state index contributed by atoms with van der Waals surface area (Å²) in [6.07, 6.45) is 3.10. The fourth-order valence-electron chi connectivity index (χ4n) is 1.97. The molecule has 0 saturated carbocycles. The summed E-state index contributed by atoms with van der Waals surface area (Å²) in [4.78, 5) is 10.4. The van der Waals surface area contributed by atoms with E-state index in [0.29, 0.717) is 11.6 Å². The Morgan fingerprint density at radius 3 is 2.55 bits per heavy atom. The molecule has 0 aliphatic rings. The van der Waals surface area contributed by atoms with Gasteiger partial charge < -0.3 is 5.32 Å². The van der Waals surface area contributed by atoms with E-state index in [4.69, 9.17) is 0 Å². The predicted molar refractivity (Wildman–Crippen MR) is 82.5 cm³/mol. The van der Waals surface area contributed by atoms with E-state index in [-0.39, 0.29) is 16.2 Å². The SMILES string of the molecule is CC(C)CCCC(C)Nc1cc(Br)c(F)cc1[N+](=O)[O-]. The molecule has 1 aromatic rings. The van der Waals surface area contributed by atoms with Crippen LogP contribution in [0.15, 0.2) is 16.6 Å². The molecule has 0 fully saturated rings. The number of benzene rings is 1. The van der Waals surface area contributed by atoms with E-state index in [1.807, 2.05) is 6.92 Å². The summed E-state index contributed by atoms with van der Waals surface area (Å²) >= 11 is 3.05. The van der Waals surface area contributed by atoms with Gasteiger partial charge in [-0.05, 0) is 41.3 Å². The number of anilines is 1. The van der Waals surface area contributed by atoms with Crippen LogP contribution in [0.4, 0.5) is 15.8 Å². The van der Waals surface area contributed by atoms with Gasteiger partial charge in [0, 0.05) is 6.04 Å². The van der Waals surface area contributed by atoms with Crippen molar-refractivity contribution >= 4 is 27.3 Å². The predicted octanol–water partition coefficient (Wildman–Crippen LogP) is 5.12. The largest absolute Gasteiger partial charge is 0.377 e. The molecule has 0 aliphatic carbocycles. The zero-order chi connectivity index (χ0) is 15.3. The van der Waals surface area contributed by atoms with Gasteiger partial charge in [0.05, 0.1) is 15.5 Å². The van der Waals surface area contributed by atoms with E-state index >= 15 is 0 Å². The van der Waals surface area contributed by atoms with Crippen LogP contribution in [0.2, 0.25) is 0 Å². The van der Waals surface area contributed by atoms with Crippen LogP contribution >= 0.6 is 15.9 Å². The Bertz CT molecular complexity index is 480. The number of rotatable bonds is 7. The number of nitrogens with one attached hydrogen (secondary N) is 1. The molecule has 6 heteroatoms. The lowest BCUT2D eigenvalue weighted by molar-refractivity contribution is -0.384. The number of hydrogen-bond acceptors (Lipinski definition) is 3. The first kappa shape index (κ1) is 16.9. The fraction of sp³-hybridized carbons (Fsp3) is 0.571. The van der Waals surface area contributed by atoms with Crippen molar-refractivity contribution in [1.29, 1.82) is 0 Å². The van der Waals surface area contributed by atoms with Crippen LogP contribution in [0.5, 0.6) is 0 Å². The molecule has 1 N–H and O–H groups in total. The lowest BCUT2D eigenvalue weighted by Gasteiger charge is -2.16. The molecular weight excluding hydrogens is 327 g/mol. The minimum Gasteiger partial charge on any atom is -0.377 e. The Morgan fingerprint density at radius 1 is 1.35 bits per heavy atom. The van der Waals surface area contributed by atoms with Gasteiger partial charge in [-0.25, -0.2) is 4.39 Å². The molecule has 1 unspecified atom stereocenters. The van der Waals surface area contributed by atoms with Gasteiger partial charge in [0.2, 0.25) is 0 Å². The number of nitro groups is 1. The average molecular weight is 347 g/mol. The van der Waals surface area contributed by atoms with E-state index < -0.39 is 10.7 Å². The maximum atomic E-state index is 13.4. The van der Waals surface area contributed by atoms with E-state index in [1.165, 1.54) is 6.07 Å². The minimum absolute atomic E-state index is 0.102. The van der Waals surface area contributed by atoms with Crippen molar-refractivity contribution in [3.63, 3.8) is 0 Å². The number of nitrogens with zero attached hydrogens (tertiary/aromatic N) is 1. The Hall–Kier alpha value is -1.17. The van der Waals surface area contributed by atoms with Gasteiger partial charge >= 0.3 is 0 Å². The second kappa shape index (κ2) is 7.57. The molecule has 1 rings (SSSR count). The molecule has 0 radical (unpaired) electrons. The van der Waals surface area contributed by atoms with Gasteiger partial charge in [-0.1, -0.05) is 26.7 Å². The molecule has 0 bridgehead atoms. The molecule has 0 spiro atoms. The van der Waals surface area contributed by atoms with Crippen molar-refractivity contribution in [2.45, 2.75) is 46.1 Å². The average Bonchev–Trinajstić information content (AvgIpc) is 2.32. The maximum Gasteiger partial charge on any atom is 0.295 e. The molecule has 0 aliphatic heterocycles. The third-order valence-electron chi connectivity index (χ3n) is 3.06. The quantitative estimate of drug-likeness (QED) is 0.550. The number of nitro benzene ring substituents is 1. The Kier molecular flexibility index (Phi) is 6.39. The normalized spacial score (nSPS) is 12.5. The molecule has 1 aromatic carbocycles. The summed E-state index contributed by atoms with van der Waals surface area (Å²) in [6.45, 7) is 6.31. The van der Waals surface area contributed by atoms with Crippen LogP contribution in [0, 0.1) is 21.8 Å². The summed E-state index contributed by atoms with van der Waals surface area (Å²) < 4.78 is 13.6. The summed E-state index contributed by atoms with van der Waals surface area (Å²) in [5, 5.41) is 14.0. The summed E-state index contributed by atoms with van der Waals surface area (Å²) in [6, 6.07) is 2.46. The van der Waals surface area contributed by atoms with Crippen LogP contribution in [-0.4, -0.2) is 11.0 Å². The van der Waals surface area contributed by atoms with Crippen molar-refractivity contribution in [3.05, 3.63) is 32.5 Å². The summed E-state index contributed by atoms with van der Waals surface area (Å²) in [5.41, 5.74) is 0.113. The molecule has 20 heavy (non-hydrogen) atoms. The molecular formula is C14H20BrFN2O2. The van der Waals surface area contributed by atoms with Crippen molar-refractivity contribution in [3.8, 4) is 0 Å². The fourth-order valence-corrected chi connectivity index (χ4v) is 2.32. The molecule has 112 valence electrons. The second-order valence-corrected chi connectivity index (χ2v) is 6.27. The highest BCUT2D eigenvalue weighted by atomic mass is 79.9. The van der Waals surface area contributed by atoms with Crippen LogP contribution in [0.3, 0.4) is 0 Å². The first-order valence-electron chi connectivity index (χ1n) is 6.71. The van der Waals surface area contributed by atoms with E-state index in [9.17, 15) is 14.5 Å². The second-order valence-electron chi connectivity index (χ2n) is 5.41. The van der Waals surface area contributed by atoms with Gasteiger partial charge in [-0.2, -0.15) is 0 Å². The Balaban J connectivity index is 2.75. The molecule has 4 nitrogen and oxygen atoms in total. The van der Waals surface area contributed by atoms with Gasteiger partial charge in [0.1, 0.15) is 11.5 Å². The van der Waals surface area contributed by atoms with Crippen LogP contribution in [-0.2, 0) is 0 Å². The van der Waals surface area contributed by atoms with Crippen molar-refractivity contribution in [2.24, 2.45) is 5.92 Å². The zero-order valence-corrected chi connectivity index (χ0v) is 13.5. The monoisotopic (exact) mass is 346 g/mol. The highest BCUT2D eigenvalue weighted by molar-refractivity contribution is 9.10. The lowest BCUT2D eigenvalue weighted by Crippen LogP contribution is -2.16. The van der Waals surface area contributed by atoms with Crippen LogP contribution in [0.25, 0.3) is 0 Å². The topological polar surface area (TPSA) is 55.2 Å². The molecule has 1 atom stereocenters. The molecule has 0 saturated heterocycles. The zero-order valence-electron chi connectivity index (χ0n) is 12.0. The highest BCUT2D eigenvalue weighted by Crippen LogP contribution is 2.31. The third-order valence-corrected chi connectivity index (χ3v) is 3.66. The van der Waals surface area contributed by atoms with E-state index in [2.05, 4.69) is 35.1 Å². The van der Waals surface area contributed by atoms with Crippen molar-refractivity contribution in [2.75, 3.05) is 5.32 Å². The van der Waals surface area contributed by atoms with Crippen molar-refractivity contribution in [1.82, 2.24) is 0 Å². The highest BCUT2D eigenvalue weighted by Gasteiger charge is 2.18. The Morgan fingerprint density at radius 2 is 2.00 bits per heavy atom. The first-order valence-corrected chi connectivity index (χ1v) is 7.50. The molecule has 0 aromatic heterocycles. The molecule has 0 heterocycles. The molecule has 0 amide bonds. The summed E-state index contributed by atoms with van der Waals surface area (Å²) in [5.74, 6) is 0.0196. The van der Waals surface area contributed by atoms with Crippen LogP contribution in [0.1, 0.15) is 40.0 Å². The first-order chi connectivity index (χ1) is 9.31. The smallest absolute Gasteiger partial charge is 0.295 e.